The Morgan fingerprint density at radius 3 is 1.67 bits per heavy atom. The van der Waals surface area contributed by atoms with E-state index in [2.05, 4.69) is 4.74 Å². The fourth-order valence-electron chi connectivity index (χ4n) is 1.43. The van der Waals surface area contributed by atoms with Gasteiger partial charge in [0.15, 0.2) is 5.60 Å². The molecule has 0 unspecified atom stereocenters. The van der Waals surface area contributed by atoms with Crippen LogP contribution in [0.4, 0.5) is 0 Å². The number of carbonyl (C=O) groups excluding carboxylic acids is 1. The Kier molecular flexibility index (Phi) is 7.91. The smallest absolute Gasteiger partial charge is 0.337 e. The number of hydrogen-bond donors (Lipinski definition) is 5. The highest BCUT2D eigenvalue weighted by molar-refractivity contribution is 5.89. The maximum absolute atomic E-state index is 10.8. The number of carbonyl (C=O) groups is 4. The van der Waals surface area contributed by atoms with Crippen LogP contribution in [0.3, 0.4) is 0 Å². The van der Waals surface area contributed by atoms with Crippen LogP contribution in [0.15, 0.2) is 24.3 Å². The lowest BCUT2D eigenvalue weighted by molar-refractivity contribution is -0.170. The molecule has 0 aromatic heterocycles. The zero-order valence-electron chi connectivity index (χ0n) is 12.5. The van der Waals surface area contributed by atoms with Crippen molar-refractivity contribution in [1.82, 2.24) is 0 Å². The summed E-state index contributed by atoms with van der Waals surface area (Å²) in [6, 6.07) is 5.88. The van der Waals surface area contributed by atoms with E-state index in [1.54, 1.807) is 0 Å². The van der Waals surface area contributed by atoms with Crippen molar-refractivity contribution in [3.8, 4) is 5.75 Å². The monoisotopic (exact) mass is 344 g/mol. The average Bonchev–Trinajstić information content (AvgIpc) is 2.46. The van der Waals surface area contributed by atoms with Crippen molar-refractivity contribution in [2.24, 2.45) is 0 Å². The maximum Gasteiger partial charge on any atom is 0.337 e. The highest BCUT2D eigenvalue weighted by atomic mass is 16.5. The molecule has 0 aliphatic heterocycles. The molecule has 24 heavy (non-hydrogen) atoms. The summed E-state index contributed by atoms with van der Waals surface area (Å²) < 4.78 is 4.46. The number of aliphatic hydroxyl groups is 1. The zero-order valence-corrected chi connectivity index (χ0v) is 12.5. The molecule has 0 fully saturated rings. The lowest BCUT2D eigenvalue weighted by atomic mass is 9.96. The van der Waals surface area contributed by atoms with E-state index in [1.807, 2.05) is 0 Å². The topological polar surface area (TPSA) is 179 Å². The van der Waals surface area contributed by atoms with Crippen molar-refractivity contribution in [3.63, 3.8) is 0 Å². The molecule has 0 spiro atoms. The Labute approximate surface area is 135 Å². The number of carboxylic acid groups (broad SMARTS) is 3. The van der Waals surface area contributed by atoms with Crippen LogP contribution in [0, 0.1) is 0 Å². The molecule has 0 radical (unpaired) electrons. The fourth-order valence-corrected chi connectivity index (χ4v) is 1.43. The zero-order chi connectivity index (χ0) is 18.9. The molecule has 0 amide bonds. The van der Waals surface area contributed by atoms with E-state index < -0.39 is 42.3 Å². The van der Waals surface area contributed by atoms with Crippen LogP contribution in [0.1, 0.15) is 23.2 Å². The molecule has 10 nitrogen and oxygen atoms in total. The molecule has 1 aromatic carbocycles. The Hall–Kier alpha value is -3.14. The van der Waals surface area contributed by atoms with Gasteiger partial charge in [0.1, 0.15) is 5.75 Å². The third-order valence-electron chi connectivity index (χ3n) is 2.57. The molecule has 1 aromatic rings. The van der Waals surface area contributed by atoms with E-state index >= 15 is 0 Å². The van der Waals surface area contributed by atoms with Gasteiger partial charge in [0.2, 0.25) is 0 Å². The first-order valence-electron chi connectivity index (χ1n) is 6.28. The molecule has 0 heterocycles. The standard InChI is InChI=1S/C8H8O3.C6H8O7/c1-11-8(10)6-2-4-7(9)5-3-6;7-3(8)1-6(13,5(11)12)2-4(9)10/h2-5,9H,1H3;13H,1-2H2,(H,7,8)(H,9,10)(H,11,12). The average molecular weight is 344 g/mol. The lowest BCUT2D eigenvalue weighted by Crippen LogP contribution is -2.42. The molecule has 0 saturated heterocycles. The van der Waals surface area contributed by atoms with Crippen LogP contribution in [0.2, 0.25) is 0 Å². The number of phenols is 1. The van der Waals surface area contributed by atoms with Crippen molar-refractivity contribution in [2.75, 3.05) is 7.11 Å². The van der Waals surface area contributed by atoms with Gasteiger partial charge in [0.05, 0.1) is 25.5 Å². The van der Waals surface area contributed by atoms with E-state index in [0.29, 0.717) is 5.56 Å². The van der Waals surface area contributed by atoms with E-state index in [0.717, 1.165) is 0 Å². The van der Waals surface area contributed by atoms with Crippen molar-refractivity contribution in [2.45, 2.75) is 18.4 Å². The van der Waals surface area contributed by atoms with Gasteiger partial charge in [0, 0.05) is 0 Å². The van der Waals surface area contributed by atoms with Crippen LogP contribution in [-0.4, -0.2) is 62.1 Å². The molecule has 0 atom stereocenters. The summed E-state index contributed by atoms with van der Waals surface area (Å²) in [6.45, 7) is 0. The summed E-state index contributed by atoms with van der Waals surface area (Å²) in [6.07, 6.45) is -2.29. The Morgan fingerprint density at radius 1 is 0.958 bits per heavy atom. The second kappa shape index (κ2) is 9.10. The molecule has 132 valence electrons. The number of phenolic OH excluding ortho intramolecular Hbond substituents is 1. The molecular formula is C14H16O10. The first kappa shape index (κ1) is 20.9. The van der Waals surface area contributed by atoms with Gasteiger partial charge >= 0.3 is 23.9 Å². The highest BCUT2D eigenvalue weighted by Gasteiger charge is 2.40. The second-order valence-electron chi connectivity index (χ2n) is 4.52. The second-order valence-corrected chi connectivity index (χ2v) is 4.52. The summed E-state index contributed by atoms with van der Waals surface area (Å²) in [5.41, 5.74) is -2.30. The number of aromatic hydroxyl groups is 1. The van der Waals surface area contributed by atoms with Gasteiger partial charge in [-0.15, -0.1) is 0 Å². The first-order valence-corrected chi connectivity index (χ1v) is 6.28. The predicted molar refractivity (Wildman–Crippen MR) is 76.5 cm³/mol. The first-order chi connectivity index (χ1) is 11.0. The number of benzene rings is 1. The quantitative estimate of drug-likeness (QED) is 0.438. The number of rotatable bonds is 6. The molecule has 5 N–H and O–H groups in total. The number of hydrogen-bond acceptors (Lipinski definition) is 7. The molecule has 0 aliphatic rings. The summed E-state index contributed by atoms with van der Waals surface area (Å²) in [5.74, 6) is -5.28. The Bertz CT molecular complexity index is 588. The van der Waals surface area contributed by atoms with Crippen molar-refractivity contribution in [1.29, 1.82) is 0 Å². The minimum atomic E-state index is -2.74. The molecule has 10 heteroatoms. The van der Waals surface area contributed by atoms with Crippen LogP contribution < -0.4 is 0 Å². The van der Waals surface area contributed by atoms with Gasteiger partial charge in [0.25, 0.3) is 0 Å². The Balaban J connectivity index is 0.000000446. The van der Waals surface area contributed by atoms with Gasteiger partial charge in [-0.1, -0.05) is 0 Å². The van der Waals surface area contributed by atoms with Crippen molar-refractivity contribution < 1.29 is 49.4 Å². The maximum atomic E-state index is 10.8. The van der Waals surface area contributed by atoms with Gasteiger partial charge in [-0.3, -0.25) is 9.59 Å². The summed E-state index contributed by atoms with van der Waals surface area (Å²) in [7, 11) is 1.31. The van der Waals surface area contributed by atoms with Crippen LogP contribution in [-0.2, 0) is 19.1 Å². The lowest BCUT2D eigenvalue weighted by Gasteiger charge is -2.18. The van der Waals surface area contributed by atoms with E-state index in [-0.39, 0.29) is 5.75 Å². The van der Waals surface area contributed by atoms with Gasteiger partial charge in [-0.2, -0.15) is 0 Å². The predicted octanol–water partition coefficient (Wildman–Crippen LogP) is -0.0697. The summed E-state index contributed by atoms with van der Waals surface area (Å²) in [5, 5.41) is 42.7. The SMILES string of the molecule is COC(=O)c1ccc(O)cc1.O=C(O)CC(O)(CC(=O)O)C(=O)O. The number of methoxy groups -OCH3 is 1. The van der Waals surface area contributed by atoms with Crippen LogP contribution in [0.25, 0.3) is 0 Å². The summed E-state index contributed by atoms with van der Waals surface area (Å²) in [4.78, 5) is 41.3. The van der Waals surface area contributed by atoms with E-state index in [4.69, 9.17) is 25.5 Å². The molecule has 0 saturated carbocycles. The van der Waals surface area contributed by atoms with Crippen LogP contribution >= 0.6 is 0 Å². The number of aliphatic carboxylic acids is 3. The van der Waals surface area contributed by atoms with E-state index in [1.165, 1.54) is 31.4 Å². The third-order valence-corrected chi connectivity index (χ3v) is 2.57. The summed E-state index contributed by atoms with van der Waals surface area (Å²) >= 11 is 0. The molecule has 0 bridgehead atoms. The highest BCUT2D eigenvalue weighted by Crippen LogP contribution is 2.15. The number of ether oxygens (including phenoxy) is 1. The normalized spacial score (nSPS) is 10.1. The molecular weight excluding hydrogens is 328 g/mol. The minimum absolute atomic E-state index is 0.137. The number of esters is 1. The van der Waals surface area contributed by atoms with Gasteiger partial charge < -0.3 is 30.3 Å². The fraction of sp³-hybridized carbons (Fsp3) is 0.286. The Morgan fingerprint density at radius 2 is 1.38 bits per heavy atom. The van der Waals surface area contributed by atoms with Gasteiger partial charge in [-0.25, -0.2) is 9.59 Å². The third kappa shape index (κ3) is 7.22. The van der Waals surface area contributed by atoms with Gasteiger partial charge in [-0.05, 0) is 24.3 Å². The van der Waals surface area contributed by atoms with Crippen LogP contribution in [0.5, 0.6) is 5.75 Å². The van der Waals surface area contributed by atoms with E-state index in [9.17, 15) is 19.2 Å². The molecule has 0 aliphatic carbocycles. The van der Waals surface area contributed by atoms with Crippen molar-refractivity contribution >= 4 is 23.9 Å². The molecule has 1 rings (SSSR count). The largest absolute Gasteiger partial charge is 0.508 e. The number of carboxylic acids is 3. The minimum Gasteiger partial charge on any atom is -0.508 e. The van der Waals surface area contributed by atoms with Crippen molar-refractivity contribution in [3.05, 3.63) is 29.8 Å².